The lowest BCUT2D eigenvalue weighted by molar-refractivity contribution is -0.145. The van der Waals surface area contributed by atoms with Crippen molar-refractivity contribution in [2.24, 2.45) is 0 Å². The number of amides is 1. The molecule has 0 aliphatic carbocycles. The maximum Gasteiger partial charge on any atom is 0.411 e. The molecule has 10 nitrogen and oxygen atoms in total. The van der Waals surface area contributed by atoms with Crippen LogP contribution in [0.15, 0.2) is 43.0 Å². The van der Waals surface area contributed by atoms with Crippen molar-refractivity contribution in [3.63, 3.8) is 0 Å². The van der Waals surface area contributed by atoms with Crippen LogP contribution in [0.4, 0.5) is 10.6 Å². The molecule has 1 aliphatic rings. The average Bonchev–Trinajstić information content (AvgIpc) is 3.36. The number of ether oxygens (including phenoxy) is 2. The molecule has 0 radical (unpaired) electrons. The van der Waals surface area contributed by atoms with Crippen LogP contribution in [0.25, 0.3) is 11.2 Å². The molecule has 0 saturated carbocycles. The van der Waals surface area contributed by atoms with E-state index >= 15 is 0 Å². The fourth-order valence-corrected chi connectivity index (χ4v) is 3.66. The van der Waals surface area contributed by atoms with Crippen molar-refractivity contribution >= 4 is 29.0 Å². The van der Waals surface area contributed by atoms with Crippen LogP contribution in [0.1, 0.15) is 25.1 Å². The first-order chi connectivity index (χ1) is 14.6. The van der Waals surface area contributed by atoms with E-state index in [1.807, 2.05) is 30.3 Å². The number of nitrogens with one attached hydrogen (secondary N) is 1. The van der Waals surface area contributed by atoms with Gasteiger partial charge in [0.25, 0.3) is 0 Å². The van der Waals surface area contributed by atoms with Gasteiger partial charge >= 0.3 is 12.1 Å². The second-order valence-corrected chi connectivity index (χ2v) is 6.96. The number of likely N-dealkylation sites (tertiary alicyclic amines) is 1. The van der Waals surface area contributed by atoms with Crippen LogP contribution in [-0.2, 0) is 20.8 Å². The maximum absolute atomic E-state index is 12.3. The van der Waals surface area contributed by atoms with Gasteiger partial charge in [-0.05, 0) is 5.56 Å². The van der Waals surface area contributed by atoms with Crippen LogP contribution in [0.3, 0.4) is 0 Å². The predicted octanol–water partition coefficient (Wildman–Crippen LogP) is 2.34. The topological polar surface area (TPSA) is 111 Å². The number of carbonyl (C=O) groups excluding carboxylic acids is 2. The summed E-state index contributed by atoms with van der Waals surface area (Å²) < 4.78 is 12.0. The first-order valence-corrected chi connectivity index (χ1v) is 9.54. The number of rotatable bonds is 5. The molecule has 3 heterocycles. The molecule has 3 aromatic rings. The number of imidazole rings is 1. The largest absolute Gasteiger partial charge is 0.461 e. The average molecular weight is 410 g/mol. The number of methoxy groups -OCH3 is 1. The lowest BCUT2D eigenvalue weighted by Gasteiger charge is -2.23. The zero-order valence-electron chi connectivity index (χ0n) is 16.7. The van der Waals surface area contributed by atoms with Crippen LogP contribution in [0.5, 0.6) is 0 Å². The zero-order chi connectivity index (χ0) is 21.1. The number of nitrogens with zero attached hydrogens (tertiary/aromatic N) is 5. The summed E-state index contributed by atoms with van der Waals surface area (Å²) in [5.74, 6) is 0.206. The Morgan fingerprint density at radius 1 is 1.20 bits per heavy atom. The summed E-state index contributed by atoms with van der Waals surface area (Å²) in [6.07, 6.45) is 2.11. The van der Waals surface area contributed by atoms with E-state index < -0.39 is 24.3 Å². The number of aromatic nitrogens is 4. The van der Waals surface area contributed by atoms with E-state index in [-0.39, 0.29) is 6.54 Å². The Kier molecular flexibility index (Phi) is 5.46. The van der Waals surface area contributed by atoms with Crippen LogP contribution >= 0.6 is 0 Å². The summed E-state index contributed by atoms with van der Waals surface area (Å²) in [6.45, 7) is 2.17. The van der Waals surface area contributed by atoms with Gasteiger partial charge in [-0.15, -0.1) is 0 Å². The highest BCUT2D eigenvalue weighted by molar-refractivity contribution is 5.83. The third kappa shape index (κ3) is 3.88. The molecule has 4 rings (SSSR count). The van der Waals surface area contributed by atoms with Crippen molar-refractivity contribution < 1.29 is 19.1 Å². The van der Waals surface area contributed by atoms with Crippen molar-refractivity contribution in [3.05, 3.63) is 48.5 Å². The van der Waals surface area contributed by atoms with Gasteiger partial charge in [-0.2, -0.15) is 0 Å². The van der Waals surface area contributed by atoms with Crippen LogP contribution in [0, 0.1) is 0 Å². The third-order valence-corrected chi connectivity index (χ3v) is 4.96. The summed E-state index contributed by atoms with van der Waals surface area (Å²) in [6, 6.07) is 9.95. The first kappa shape index (κ1) is 19.6. The first-order valence-electron chi connectivity index (χ1n) is 9.54. The van der Waals surface area contributed by atoms with Crippen LogP contribution in [0.2, 0.25) is 0 Å². The monoisotopic (exact) mass is 410 g/mol. The van der Waals surface area contributed by atoms with Gasteiger partial charge in [-0.3, -0.25) is 14.3 Å². The van der Waals surface area contributed by atoms with Crippen LogP contribution in [-0.4, -0.2) is 56.2 Å². The SMILES string of the molecule is COC(=O)N1C[C@H](OC(C)=O)C[C@@H]1n1cnc2c(NCc3ccccc3)ncnc21. The van der Waals surface area contributed by atoms with Gasteiger partial charge in [0.05, 0.1) is 20.0 Å². The zero-order valence-corrected chi connectivity index (χ0v) is 16.7. The number of benzene rings is 1. The summed E-state index contributed by atoms with van der Waals surface area (Å²) >= 11 is 0. The highest BCUT2D eigenvalue weighted by Crippen LogP contribution is 2.32. The minimum Gasteiger partial charge on any atom is -0.461 e. The minimum absolute atomic E-state index is 0.237. The molecule has 0 unspecified atom stereocenters. The van der Waals surface area contributed by atoms with Crippen LogP contribution < -0.4 is 5.32 Å². The van der Waals surface area contributed by atoms with Gasteiger partial charge in [0.1, 0.15) is 24.1 Å². The minimum atomic E-state index is -0.506. The highest BCUT2D eigenvalue weighted by Gasteiger charge is 2.39. The number of anilines is 1. The van der Waals surface area contributed by atoms with Gasteiger partial charge < -0.3 is 14.8 Å². The Balaban J connectivity index is 1.62. The maximum atomic E-state index is 12.3. The Bertz CT molecular complexity index is 1050. The second-order valence-electron chi connectivity index (χ2n) is 6.96. The van der Waals surface area contributed by atoms with Gasteiger partial charge in [0.2, 0.25) is 0 Å². The molecule has 156 valence electrons. The summed E-state index contributed by atoms with van der Waals surface area (Å²) in [4.78, 5) is 38.3. The summed E-state index contributed by atoms with van der Waals surface area (Å²) in [5.41, 5.74) is 2.28. The number of hydrogen-bond donors (Lipinski definition) is 1. The predicted molar refractivity (Wildman–Crippen MR) is 107 cm³/mol. The van der Waals surface area contributed by atoms with E-state index in [0.29, 0.717) is 29.9 Å². The molecular weight excluding hydrogens is 388 g/mol. The Hall–Kier alpha value is -3.69. The van der Waals surface area contributed by atoms with Crippen molar-refractivity contribution in [3.8, 4) is 0 Å². The quantitative estimate of drug-likeness (QED) is 0.638. The Morgan fingerprint density at radius 2 is 2.00 bits per heavy atom. The molecule has 1 aliphatic heterocycles. The van der Waals surface area contributed by atoms with Crippen molar-refractivity contribution in [1.82, 2.24) is 24.4 Å². The van der Waals surface area contributed by atoms with Gasteiger partial charge in [0, 0.05) is 19.9 Å². The molecule has 1 aromatic carbocycles. The molecule has 2 aromatic heterocycles. The van der Waals surface area contributed by atoms with Crippen molar-refractivity contribution in [2.75, 3.05) is 19.0 Å². The van der Waals surface area contributed by atoms with Crippen molar-refractivity contribution in [1.29, 1.82) is 0 Å². The molecule has 30 heavy (non-hydrogen) atoms. The van der Waals surface area contributed by atoms with E-state index in [2.05, 4.69) is 20.3 Å². The molecular formula is C20H22N6O4. The second kappa shape index (κ2) is 8.36. The summed E-state index contributed by atoms with van der Waals surface area (Å²) in [7, 11) is 1.32. The standard InChI is InChI=1S/C20H22N6O4/c1-13(27)30-15-8-16(25(10-15)20(28)29-2)26-12-24-17-18(22-11-23-19(17)26)21-9-14-6-4-3-5-7-14/h3-7,11-12,15-16H,8-10H2,1-2H3,(H,21,22,23)/t15-,16+/m1/s1. The van der Waals surface area contributed by atoms with Gasteiger partial charge in [-0.25, -0.2) is 19.7 Å². The third-order valence-electron chi connectivity index (χ3n) is 4.96. The van der Waals surface area contributed by atoms with Gasteiger partial charge in [0.15, 0.2) is 11.5 Å². The van der Waals surface area contributed by atoms with E-state index in [9.17, 15) is 9.59 Å². The van der Waals surface area contributed by atoms with E-state index in [4.69, 9.17) is 9.47 Å². The number of hydrogen-bond acceptors (Lipinski definition) is 8. The molecule has 0 spiro atoms. The Morgan fingerprint density at radius 3 is 2.73 bits per heavy atom. The smallest absolute Gasteiger partial charge is 0.411 e. The van der Waals surface area contributed by atoms with E-state index in [1.54, 1.807) is 10.9 Å². The van der Waals surface area contributed by atoms with Crippen molar-refractivity contribution in [2.45, 2.75) is 32.2 Å². The Labute approximate surface area is 172 Å². The van der Waals surface area contributed by atoms with Gasteiger partial charge in [-0.1, -0.05) is 30.3 Å². The number of fused-ring (bicyclic) bond motifs is 1. The molecule has 1 N–H and O–H groups in total. The number of carbonyl (C=O) groups is 2. The lowest BCUT2D eigenvalue weighted by Crippen LogP contribution is -2.34. The van der Waals surface area contributed by atoms with E-state index in [1.165, 1.54) is 25.3 Å². The number of esters is 1. The molecule has 1 amide bonds. The summed E-state index contributed by atoms with van der Waals surface area (Å²) in [5, 5.41) is 3.29. The molecule has 1 fully saturated rings. The molecule has 10 heteroatoms. The fourth-order valence-electron chi connectivity index (χ4n) is 3.66. The van der Waals surface area contributed by atoms with E-state index in [0.717, 1.165) is 5.56 Å². The highest BCUT2D eigenvalue weighted by atomic mass is 16.6. The molecule has 2 atom stereocenters. The normalized spacial score (nSPS) is 18.4. The lowest BCUT2D eigenvalue weighted by atomic mass is 10.2. The molecule has 1 saturated heterocycles. The molecule has 0 bridgehead atoms. The fraction of sp³-hybridized carbons (Fsp3) is 0.350.